The number of rotatable bonds is 6. The second-order valence-corrected chi connectivity index (χ2v) is 5.09. The second-order valence-electron chi connectivity index (χ2n) is 5.09. The van der Waals surface area contributed by atoms with Gasteiger partial charge in [-0.05, 0) is 27.4 Å². The summed E-state index contributed by atoms with van der Waals surface area (Å²) in [6, 6.07) is 0. The van der Waals surface area contributed by atoms with E-state index in [0.29, 0.717) is 0 Å². The monoisotopic (exact) mass is 229 g/mol. The summed E-state index contributed by atoms with van der Waals surface area (Å²) in [7, 11) is 4.32. The smallest absolute Gasteiger partial charge is 0.0524 e. The first-order valence-corrected chi connectivity index (χ1v) is 6.35. The summed E-state index contributed by atoms with van der Waals surface area (Å²) in [5.41, 5.74) is 0. The van der Waals surface area contributed by atoms with Gasteiger partial charge in [0.05, 0.1) is 6.10 Å². The first-order valence-electron chi connectivity index (χ1n) is 6.35. The summed E-state index contributed by atoms with van der Waals surface area (Å²) in [4.78, 5) is 7.22. The molecule has 1 heterocycles. The molecule has 96 valence electrons. The van der Waals surface area contributed by atoms with E-state index in [1.54, 1.807) is 0 Å². The van der Waals surface area contributed by atoms with Crippen molar-refractivity contribution in [2.45, 2.75) is 19.4 Å². The Labute approximate surface area is 99.8 Å². The fourth-order valence-corrected chi connectivity index (χ4v) is 1.90. The fraction of sp³-hybridized carbons (Fsp3) is 1.00. The van der Waals surface area contributed by atoms with Crippen LogP contribution in [-0.4, -0.2) is 85.8 Å². The van der Waals surface area contributed by atoms with Gasteiger partial charge in [-0.3, -0.25) is 4.90 Å². The first kappa shape index (κ1) is 13.9. The van der Waals surface area contributed by atoms with E-state index in [1.165, 1.54) is 26.2 Å². The van der Waals surface area contributed by atoms with E-state index in [9.17, 15) is 5.11 Å². The van der Waals surface area contributed by atoms with E-state index in [4.69, 9.17) is 0 Å². The van der Waals surface area contributed by atoms with Crippen molar-refractivity contribution < 1.29 is 5.11 Å². The zero-order valence-electron chi connectivity index (χ0n) is 11.0. The number of aliphatic hydroxyl groups is 1. The average molecular weight is 229 g/mol. The van der Waals surface area contributed by atoms with Gasteiger partial charge in [0.1, 0.15) is 0 Å². The van der Waals surface area contributed by atoms with Gasteiger partial charge in [0.2, 0.25) is 0 Å². The van der Waals surface area contributed by atoms with Crippen LogP contribution in [0.4, 0.5) is 0 Å². The van der Waals surface area contributed by atoms with Crippen molar-refractivity contribution in [1.29, 1.82) is 0 Å². The molecule has 0 aromatic heterocycles. The molecule has 1 fully saturated rings. The van der Waals surface area contributed by atoms with Gasteiger partial charge in [0, 0.05) is 45.8 Å². The quantitative estimate of drug-likeness (QED) is 0.691. The number of nitrogens with zero attached hydrogens (tertiary/aromatic N) is 3. The van der Waals surface area contributed by atoms with E-state index in [0.717, 1.165) is 26.1 Å². The Balaban J connectivity index is 2.05. The maximum Gasteiger partial charge on any atom is 0.0524 e. The van der Waals surface area contributed by atoms with Gasteiger partial charge in [-0.25, -0.2) is 0 Å². The van der Waals surface area contributed by atoms with Gasteiger partial charge in [-0.15, -0.1) is 0 Å². The molecule has 1 unspecified atom stereocenters. The van der Waals surface area contributed by atoms with Crippen molar-refractivity contribution in [1.82, 2.24) is 14.7 Å². The Hall–Kier alpha value is -0.160. The van der Waals surface area contributed by atoms with Crippen LogP contribution in [0.15, 0.2) is 0 Å². The lowest BCUT2D eigenvalue weighted by Crippen LogP contribution is -2.46. The summed E-state index contributed by atoms with van der Waals surface area (Å²) < 4.78 is 0. The van der Waals surface area contributed by atoms with Crippen molar-refractivity contribution in [3.05, 3.63) is 0 Å². The number of likely N-dealkylation sites (N-methyl/N-ethyl adjacent to an activating group) is 2. The predicted molar refractivity (Wildman–Crippen MR) is 67.7 cm³/mol. The van der Waals surface area contributed by atoms with Crippen LogP contribution in [0.25, 0.3) is 0 Å². The SMILES string of the molecule is CC(O)CCN(C)CCN1CCN(C)CC1. The molecule has 1 atom stereocenters. The summed E-state index contributed by atoms with van der Waals surface area (Å²) >= 11 is 0. The third-order valence-electron chi connectivity index (χ3n) is 3.32. The molecule has 4 nitrogen and oxygen atoms in total. The number of aliphatic hydroxyl groups excluding tert-OH is 1. The molecule has 16 heavy (non-hydrogen) atoms. The minimum Gasteiger partial charge on any atom is -0.393 e. The fourth-order valence-electron chi connectivity index (χ4n) is 1.90. The highest BCUT2D eigenvalue weighted by Crippen LogP contribution is 1.99. The van der Waals surface area contributed by atoms with Crippen molar-refractivity contribution in [3.8, 4) is 0 Å². The Morgan fingerprint density at radius 3 is 2.38 bits per heavy atom. The molecule has 0 aromatic rings. The Morgan fingerprint density at radius 1 is 1.19 bits per heavy atom. The molecule has 4 heteroatoms. The standard InChI is InChI=1S/C12H27N3O/c1-12(16)4-5-13(2)6-9-15-10-7-14(3)8-11-15/h12,16H,4-11H2,1-3H3. The molecular formula is C12H27N3O. The lowest BCUT2D eigenvalue weighted by atomic mass is 10.2. The van der Waals surface area contributed by atoms with Crippen LogP contribution in [-0.2, 0) is 0 Å². The highest BCUT2D eigenvalue weighted by molar-refractivity contribution is 4.70. The van der Waals surface area contributed by atoms with Gasteiger partial charge in [0.25, 0.3) is 0 Å². The van der Waals surface area contributed by atoms with Crippen molar-refractivity contribution in [2.24, 2.45) is 0 Å². The van der Waals surface area contributed by atoms with Crippen LogP contribution in [0.5, 0.6) is 0 Å². The molecular weight excluding hydrogens is 202 g/mol. The number of hydrogen-bond acceptors (Lipinski definition) is 4. The molecule has 0 bridgehead atoms. The zero-order valence-corrected chi connectivity index (χ0v) is 11.0. The van der Waals surface area contributed by atoms with Crippen LogP contribution in [0, 0.1) is 0 Å². The summed E-state index contributed by atoms with van der Waals surface area (Å²) in [6.07, 6.45) is 0.699. The molecule has 0 aromatic carbocycles. The molecule has 1 saturated heterocycles. The van der Waals surface area contributed by atoms with Crippen LogP contribution >= 0.6 is 0 Å². The molecule has 1 N–H and O–H groups in total. The van der Waals surface area contributed by atoms with E-state index in [1.807, 2.05) is 6.92 Å². The lowest BCUT2D eigenvalue weighted by molar-refractivity contribution is 0.131. The molecule has 0 amide bonds. The van der Waals surface area contributed by atoms with Gasteiger partial charge >= 0.3 is 0 Å². The third kappa shape index (κ3) is 5.80. The molecule has 1 aliphatic rings. The summed E-state index contributed by atoms with van der Waals surface area (Å²) in [5, 5.41) is 9.20. The van der Waals surface area contributed by atoms with Crippen LogP contribution in [0.2, 0.25) is 0 Å². The Bertz CT molecular complexity index is 179. The van der Waals surface area contributed by atoms with Gasteiger partial charge in [-0.1, -0.05) is 0 Å². The van der Waals surface area contributed by atoms with Crippen molar-refractivity contribution >= 4 is 0 Å². The minimum atomic E-state index is -0.175. The van der Waals surface area contributed by atoms with Crippen LogP contribution < -0.4 is 0 Å². The summed E-state index contributed by atoms with van der Waals surface area (Å²) in [6.45, 7) is 9.89. The lowest BCUT2D eigenvalue weighted by Gasteiger charge is -2.33. The molecule has 0 saturated carbocycles. The van der Waals surface area contributed by atoms with E-state index >= 15 is 0 Å². The van der Waals surface area contributed by atoms with Crippen molar-refractivity contribution in [3.63, 3.8) is 0 Å². The predicted octanol–water partition coefficient (Wildman–Crippen LogP) is -0.0635. The highest BCUT2D eigenvalue weighted by atomic mass is 16.3. The minimum absolute atomic E-state index is 0.175. The Morgan fingerprint density at radius 2 is 1.81 bits per heavy atom. The largest absolute Gasteiger partial charge is 0.393 e. The highest BCUT2D eigenvalue weighted by Gasteiger charge is 2.13. The van der Waals surface area contributed by atoms with Gasteiger partial charge in [0.15, 0.2) is 0 Å². The van der Waals surface area contributed by atoms with E-state index < -0.39 is 0 Å². The van der Waals surface area contributed by atoms with E-state index in [-0.39, 0.29) is 6.10 Å². The normalized spacial score (nSPS) is 21.6. The van der Waals surface area contributed by atoms with Crippen molar-refractivity contribution in [2.75, 3.05) is 59.9 Å². The van der Waals surface area contributed by atoms with E-state index in [2.05, 4.69) is 28.8 Å². The maximum absolute atomic E-state index is 9.20. The molecule has 1 aliphatic heterocycles. The molecule has 0 aliphatic carbocycles. The van der Waals surface area contributed by atoms with Gasteiger partial charge < -0.3 is 14.9 Å². The van der Waals surface area contributed by atoms with Crippen LogP contribution in [0.1, 0.15) is 13.3 Å². The molecule has 1 rings (SSSR count). The summed E-state index contributed by atoms with van der Waals surface area (Å²) in [5.74, 6) is 0. The number of piperazine rings is 1. The number of hydrogen-bond donors (Lipinski definition) is 1. The first-order chi connectivity index (χ1) is 7.58. The second kappa shape index (κ2) is 7.22. The maximum atomic E-state index is 9.20. The molecule has 0 spiro atoms. The average Bonchev–Trinajstić information content (AvgIpc) is 2.25. The Kier molecular flexibility index (Phi) is 6.28. The topological polar surface area (TPSA) is 30.0 Å². The van der Waals surface area contributed by atoms with Gasteiger partial charge in [-0.2, -0.15) is 0 Å². The molecule has 0 radical (unpaired) electrons. The zero-order chi connectivity index (χ0) is 12.0. The third-order valence-corrected chi connectivity index (χ3v) is 3.32. The van der Waals surface area contributed by atoms with Crippen LogP contribution in [0.3, 0.4) is 0 Å².